The van der Waals surface area contributed by atoms with Crippen LogP contribution in [0.15, 0.2) is 48.5 Å². The summed E-state index contributed by atoms with van der Waals surface area (Å²) in [4.78, 5) is 33.1. The van der Waals surface area contributed by atoms with Gasteiger partial charge in [-0.05, 0) is 37.5 Å². The molecule has 2 aromatic rings. The number of hydrogen-bond acceptors (Lipinski definition) is 5. The maximum absolute atomic E-state index is 12.0. The van der Waals surface area contributed by atoms with E-state index in [-0.39, 0.29) is 35.6 Å². The number of nitro benzene ring substituents is 1. The summed E-state index contributed by atoms with van der Waals surface area (Å²) in [6.45, 7) is 1.55. The molecule has 0 aliphatic carbocycles. The maximum atomic E-state index is 12.0. The second-order valence-electron chi connectivity index (χ2n) is 5.88. The Labute approximate surface area is 151 Å². The zero-order valence-electron chi connectivity index (χ0n) is 14.4. The van der Waals surface area contributed by atoms with Crippen LogP contribution in [0.1, 0.15) is 29.3 Å². The number of nitrogens with zero attached hydrogens (tertiary/aromatic N) is 1. The number of amides is 1. The van der Waals surface area contributed by atoms with Crippen LogP contribution in [-0.4, -0.2) is 29.8 Å². The predicted molar refractivity (Wildman–Crippen MR) is 96.3 cm³/mol. The van der Waals surface area contributed by atoms with E-state index >= 15 is 0 Å². The van der Waals surface area contributed by atoms with Crippen molar-refractivity contribution in [1.82, 2.24) is 5.32 Å². The lowest BCUT2D eigenvalue weighted by molar-refractivity contribution is -0.385. The molecule has 0 aliphatic heterocycles. The van der Waals surface area contributed by atoms with Crippen molar-refractivity contribution in [3.05, 3.63) is 69.8 Å². The zero-order chi connectivity index (χ0) is 18.9. The molecule has 1 N–H and O–H groups in total. The molecule has 0 fully saturated rings. The Hall–Kier alpha value is -3.22. The van der Waals surface area contributed by atoms with Crippen molar-refractivity contribution in [3.8, 4) is 5.75 Å². The van der Waals surface area contributed by atoms with Crippen LogP contribution >= 0.6 is 0 Å². The number of ether oxygens (including phenoxy) is 1. The molecule has 26 heavy (non-hydrogen) atoms. The molecule has 0 unspecified atom stereocenters. The average Bonchev–Trinajstić information content (AvgIpc) is 2.65. The highest BCUT2D eigenvalue weighted by Gasteiger charge is 2.17. The largest absolute Gasteiger partial charge is 0.477 e. The SMILES string of the molecule is C[C@@H](CCc1ccccc1)NC(=O)COc1ccc(C=O)cc1[N+](=O)[O-]. The highest BCUT2D eigenvalue weighted by Crippen LogP contribution is 2.27. The van der Waals surface area contributed by atoms with Crippen molar-refractivity contribution in [2.75, 3.05) is 6.61 Å². The monoisotopic (exact) mass is 356 g/mol. The van der Waals surface area contributed by atoms with E-state index < -0.39 is 4.92 Å². The molecular formula is C19H20N2O5. The minimum Gasteiger partial charge on any atom is -0.477 e. The number of nitro groups is 1. The van der Waals surface area contributed by atoms with Crippen LogP contribution < -0.4 is 10.1 Å². The van der Waals surface area contributed by atoms with Gasteiger partial charge in [-0.2, -0.15) is 0 Å². The van der Waals surface area contributed by atoms with Crippen molar-refractivity contribution < 1.29 is 19.2 Å². The first-order valence-electron chi connectivity index (χ1n) is 8.19. The van der Waals surface area contributed by atoms with Crippen LogP contribution in [0.5, 0.6) is 5.75 Å². The number of carbonyl (C=O) groups is 2. The van der Waals surface area contributed by atoms with Crippen molar-refractivity contribution in [2.45, 2.75) is 25.8 Å². The van der Waals surface area contributed by atoms with Gasteiger partial charge in [0.05, 0.1) is 4.92 Å². The van der Waals surface area contributed by atoms with Gasteiger partial charge in [0.25, 0.3) is 5.91 Å². The number of hydrogen-bond donors (Lipinski definition) is 1. The lowest BCUT2D eigenvalue weighted by Crippen LogP contribution is -2.36. The summed E-state index contributed by atoms with van der Waals surface area (Å²) in [5.74, 6) is -0.410. The van der Waals surface area contributed by atoms with Crippen LogP contribution in [0.4, 0.5) is 5.69 Å². The molecule has 1 atom stereocenters. The third kappa shape index (κ3) is 5.70. The van der Waals surface area contributed by atoms with Gasteiger partial charge in [0.2, 0.25) is 0 Å². The molecule has 7 heteroatoms. The first kappa shape index (κ1) is 19.1. The quantitative estimate of drug-likeness (QED) is 0.423. The molecule has 7 nitrogen and oxygen atoms in total. The van der Waals surface area contributed by atoms with Gasteiger partial charge in [0, 0.05) is 17.7 Å². The molecule has 2 rings (SSSR count). The molecule has 2 aromatic carbocycles. The molecule has 1 amide bonds. The van der Waals surface area contributed by atoms with E-state index in [9.17, 15) is 19.7 Å². The van der Waals surface area contributed by atoms with Gasteiger partial charge in [-0.25, -0.2) is 0 Å². The summed E-state index contributed by atoms with van der Waals surface area (Å²) in [7, 11) is 0. The van der Waals surface area contributed by atoms with E-state index in [2.05, 4.69) is 5.32 Å². The summed E-state index contributed by atoms with van der Waals surface area (Å²) < 4.78 is 5.25. The summed E-state index contributed by atoms with van der Waals surface area (Å²) in [6.07, 6.45) is 2.11. The van der Waals surface area contributed by atoms with E-state index in [1.165, 1.54) is 17.7 Å². The van der Waals surface area contributed by atoms with Gasteiger partial charge >= 0.3 is 5.69 Å². The highest BCUT2D eigenvalue weighted by molar-refractivity contribution is 5.79. The molecule has 0 bridgehead atoms. The minimum atomic E-state index is -0.650. The van der Waals surface area contributed by atoms with Gasteiger partial charge in [-0.1, -0.05) is 30.3 Å². The average molecular weight is 356 g/mol. The fourth-order valence-electron chi connectivity index (χ4n) is 2.43. The Balaban J connectivity index is 1.84. The van der Waals surface area contributed by atoms with Crippen molar-refractivity contribution >= 4 is 17.9 Å². The van der Waals surface area contributed by atoms with Gasteiger partial charge < -0.3 is 10.1 Å². The summed E-state index contributed by atoms with van der Waals surface area (Å²) in [6, 6.07) is 13.7. The molecule has 0 spiro atoms. The Morgan fingerprint density at radius 1 is 1.27 bits per heavy atom. The smallest absolute Gasteiger partial charge is 0.311 e. The van der Waals surface area contributed by atoms with E-state index in [1.54, 1.807) is 0 Å². The van der Waals surface area contributed by atoms with Crippen LogP contribution in [0.3, 0.4) is 0 Å². The third-order valence-corrected chi connectivity index (χ3v) is 3.79. The highest BCUT2D eigenvalue weighted by atomic mass is 16.6. The van der Waals surface area contributed by atoms with Gasteiger partial charge in [0.1, 0.15) is 6.29 Å². The predicted octanol–water partition coefficient (Wildman–Crippen LogP) is 2.92. The molecule has 0 saturated heterocycles. The summed E-state index contributed by atoms with van der Waals surface area (Å²) >= 11 is 0. The van der Waals surface area contributed by atoms with E-state index in [0.29, 0.717) is 6.29 Å². The van der Waals surface area contributed by atoms with E-state index in [1.807, 2.05) is 37.3 Å². The zero-order valence-corrected chi connectivity index (χ0v) is 14.4. The van der Waals surface area contributed by atoms with Crippen LogP contribution in [-0.2, 0) is 11.2 Å². The third-order valence-electron chi connectivity index (χ3n) is 3.79. The number of aldehydes is 1. The van der Waals surface area contributed by atoms with Crippen molar-refractivity contribution in [2.24, 2.45) is 0 Å². The number of benzene rings is 2. The van der Waals surface area contributed by atoms with Crippen molar-refractivity contribution in [1.29, 1.82) is 0 Å². The fourth-order valence-corrected chi connectivity index (χ4v) is 2.43. The Morgan fingerprint density at radius 3 is 2.65 bits per heavy atom. The molecular weight excluding hydrogens is 336 g/mol. The normalized spacial score (nSPS) is 11.4. The first-order chi connectivity index (χ1) is 12.5. The van der Waals surface area contributed by atoms with Crippen LogP contribution in [0, 0.1) is 10.1 Å². The summed E-state index contributed by atoms with van der Waals surface area (Å²) in [5.41, 5.74) is 1.01. The van der Waals surface area contributed by atoms with Gasteiger partial charge in [0.15, 0.2) is 12.4 Å². The molecule has 0 radical (unpaired) electrons. The molecule has 0 aliphatic rings. The number of carbonyl (C=O) groups excluding carboxylic acids is 2. The van der Waals surface area contributed by atoms with E-state index in [4.69, 9.17) is 4.74 Å². The number of aryl methyl sites for hydroxylation is 1. The lowest BCUT2D eigenvalue weighted by atomic mass is 10.1. The molecule has 136 valence electrons. The summed E-state index contributed by atoms with van der Waals surface area (Å²) in [5, 5.41) is 13.8. The van der Waals surface area contributed by atoms with E-state index in [0.717, 1.165) is 18.9 Å². The second kappa shape index (κ2) is 9.31. The standard InChI is InChI=1S/C19H20N2O5/c1-14(7-8-15-5-3-2-4-6-15)20-19(23)13-26-18-10-9-16(12-22)11-17(18)21(24)25/h2-6,9-12,14H,7-8,13H2,1H3,(H,20,23)/t14-/m0/s1. The second-order valence-corrected chi connectivity index (χ2v) is 5.88. The Kier molecular flexibility index (Phi) is 6.84. The van der Waals surface area contributed by atoms with Crippen LogP contribution in [0.25, 0.3) is 0 Å². The fraction of sp³-hybridized carbons (Fsp3) is 0.263. The van der Waals surface area contributed by atoms with Crippen molar-refractivity contribution in [3.63, 3.8) is 0 Å². The van der Waals surface area contributed by atoms with Gasteiger partial charge in [-0.15, -0.1) is 0 Å². The number of rotatable bonds is 9. The minimum absolute atomic E-state index is 0.0484. The molecule has 0 aromatic heterocycles. The topological polar surface area (TPSA) is 98.5 Å². The maximum Gasteiger partial charge on any atom is 0.311 e. The van der Waals surface area contributed by atoms with Gasteiger partial charge in [-0.3, -0.25) is 19.7 Å². The van der Waals surface area contributed by atoms with Crippen LogP contribution in [0.2, 0.25) is 0 Å². The Bertz CT molecular complexity index is 777. The molecule has 0 heterocycles. The number of nitrogens with one attached hydrogen (secondary N) is 1. The lowest BCUT2D eigenvalue weighted by Gasteiger charge is -2.14. The first-order valence-corrected chi connectivity index (χ1v) is 8.19. The molecule has 0 saturated carbocycles. The Morgan fingerprint density at radius 2 is 2.00 bits per heavy atom.